The van der Waals surface area contributed by atoms with Gasteiger partial charge >= 0.3 is 0 Å². The van der Waals surface area contributed by atoms with Gasteiger partial charge in [-0.15, -0.1) is 0 Å². The number of nitrogens with zero attached hydrogens (tertiary/aromatic N) is 5. The summed E-state index contributed by atoms with van der Waals surface area (Å²) in [4.78, 5) is 5.15. The van der Waals surface area contributed by atoms with Gasteiger partial charge in [-0.2, -0.15) is 0 Å². The number of rotatable bonds is 4. The van der Waals surface area contributed by atoms with Crippen LogP contribution in [0.3, 0.4) is 0 Å². The van der Waals surface area contributed by atoms with E-state index in [9.17, 15) is 0 Å². The van der Waals surface area contributed by atoms with Crippen LogP contribution < -0.4 is 0 Å². The first kappa shape index (κ1) is 29.2. The Labute approximate surface area is 309 Å². The van der Waals surface area contributed by atoms with Crippen molar-refractivity contribution in [2.75, 3.05) is 0 Å². The molecule has 0 aliphatic rings. The van der Waals surface area contributed by atoms with Crippen LogP contribution in [0.2, 0.25) is 0 Å². The topological polar surface area (TPSA) is 32.1 Å². The van der Waals surface area contributed by atoms with Crippen LogP contribution in [0.5, 0.6) is 0 Å². The van der Waals surface area contributed by atoms with E-state index in [1.165, 1.54) is 49.2 Å². The first-order chi connectivity index (χ1) is 26.8. The van der Waals surface area contributed by atoms with Crippen LogP contribution in [0, 0.1) is 0 Å². The van der Waals surface area contributed by atoms with Crippen molar-refractivity contribution >= 4 is 71.5 Å². The second-order valence-corrected chi connectivity index (χ2v) is 14.0. The monoisotopic (exact) mass is 689 g/mol. The molecule has 4 heterocycles. The molecular formula is C49H31N5. The molecule has 0 fully saturated rings. The van der Waals surface area contributed by atoms with Crippen LogP contribution >= 0.6 is 0 Å². The molecule has 5 nitrogen and oxygen atoms in total. The molecule has 0 atom stereocenters. The fraction of sp³-hybridized carbons (Fsp3) is 0. The minimum atomic E-state index is 0.910. The minimum Gasteiger partial charge on any atom is -0.309 e. The lowest BCUT2D eigenvalue weighted by molar-refractivity contribution is 1.11. The Morgan fingerprint density at radius 1 is 0.315 bits per heavy atom. The fourth-order valence-electron chi connectivity index (χ4n) is 8.94. The maximum absolute atomic E-state index is 5.15. The Bertz CT molecular complexity index is 3410. The van der Waals surface area contributed by atoms with Crippen molar-refractivity contribution in [3.63, 3.8) is 0 Å². The van der Waals surface area contributed by atoms with Crippen LogP contribution in [0.1, 0.15) is 0 Å². The number of fused-ring (bicyclic) bond motifs is 11. The lowest BCUT2D eigenvalue weighted by atomic mass is 10.0. The Balaban J connectivity index is 1.11. The molecule has 12 rings (SSSR count). The molecule has 4 aromatic heterocycles. The second kappa shape index (κ2) is 11.1. The zero-order valence-corrected chi connectivity index (χ0v) is 29.1. The van der Waals surface area contributed by atoms with Gasteiger partial charge in [0.25, 0.3) is 0 Å². The first-order valence-electron chi connectivity index (χ1n) is 18.4. The average molecular weight is 690 g/mol. The molecule has 0 aliphatic carbocycles. The van der Waals surface area contributed by atoms with Crippen molar-refractivity contribution in [2.24, 2.45) is 0 Å². The van der Waals surface area contributed by atoms with Gasteiger partial charge in [0.2, 0.25) is 5.78 Å². The lowest BCUT2D eigenvalue weighted by Gasteiger charge is -2.18. The maximum atomic E-state index is 5.15. The van der Waals surface area contributed by atoms with E-state index in [1.807, 2.05) is 0 Å². The van der Waals surface area contributed by atoms with Gasteiger partial charge < -0.3 is 9.13 Å². The van der Waals surface area contributed by atoms with E-state index in [4.69, 9.17) is 4.98 Å². The van der Waals surface area contributed by atoms with Crippen molar-refractivity contribution in [1.82, 2.24) is 23.1 Å². The van der Waals surface area contributed by atoms with Crippen LogP contribution in [-0.4, -0.2) is 23.1 Å². The van der Waals surface area contributed by atoms with Gasteiger partial charge in [0, 0.05) is 38.4 Å². The third-order valence-corrected chi connectivity index (χ3v) is 11.2. The largest absolute Gasteiger partial charge is 0.309 e. The number of benzene rings is 8. The number of hydrogen-bond acceptors (Lipinski definition) is 1. The minimum absolute atomic E-state index is 0.910. The molecule has 0 saturated carbocycles. The summed E-state index contributed by atoms with van der Waals surface area (Å²) in [6.45, 7) is 0. The molecular weight excluding hydrogens is 659 g/mol. The van der Waals surface area contributed by atoms with E-state index in [0.29, 0.717) is 0 Å². The standard InChI is InChI=1S/C49H31N5/c1-7-21-40-33(15-1)34-16-2-8-22-41(34)52(40)42-23-9-3-17-35(42)36-18-4-10-24-43(36)53-44-25-11-5-19-37(44)38-31-32(29-30-45(38)53)51-47-27-13-14-28-48(47)54-46-26-12-6-20-39(46)50-49(51)54/h1-31H. The van der Waals surface area contributed by atoms with Crippen molar-refractivity contribution in [2.45, 2.75) is 0 Å². The normalized spacial score (nSPS) is 12.1. The summed E-state index contributed by atoms with van der Waals surface area (Å²) in [5.74, 6) is 0.910. The quantitative estimate of drug-likeness (QED) is 0.181. The molecule has 0 saturated heterocycles. The Morgan fingerprint density at radius 2 is 0.759 bits per heavy atom. The number of imidazole rings is 2. The highest BCUT2D eigenvalue weighted by molar-refractivity contribution is 6.12. The fourth-order valence-corrected chi connectivity index (χ4v) is 8.94. The molecule has 252 valence electrons. The Hall–Kier alpha value is -7.37. The zero-order valence-electron chi connectivity index (χ0n) is 29.1. The van der Waals surface area contributed by atoms with Crippen molar-refractivity contribution in [3.05, 3.63) is 188 Å². The molecule has 0 aliphatic heterocycles. The van der Waals surface area contributed by atoms with E-state index in [2.05, 4.69) is 206 Å². The van der Waals surface area contributed by atoms with Gasteiger partial charge in [-0.1, -0.05) is 115 Å². The molecule has 12 aromatic rings. The summed E-state index contributed by atoms with van der Waals surface area (Å²) in [5.41, 5.74) is 14.8. The molecule has 0 radical (unpaired) electrons. The van der Waals surface area contributed by atoms with Crippen LogP contribution in [0.25, 0.3) is 99.6 Å². The molecule has 0 N–H and O–H groups in total. The SMILES string of the molecule is c1ccc(-n2c3ccccc3c3ccccc32)c(-c2ccccc2-n2c3ccccc3c3cc(-n4c5ccccc5n5c6ccccc6nc45)ccc32)c1. The Kier molecular flexibility index (Phi) is 5.99. The summed E-state index contributed by atoms with van der Waals surface area (Å²) in [6.07, 6.45) is 0. The third kappa shape index (κ3) is 3.95. The predicted molar refractivity (Wildman–Crippen MR) is 224 cm³/mol. The molecule has 0 spiro atoms. The van der Waals surface area contributed by atoms with Gasteiger partial charge in [0.1, 0.15) is 0 Å². The Morgan fingerprint density at radius 3 is 1.37 bits per heavy atom. The van der Waals surface area contributed by atoms with E-state index < -0.39 is 0 Å². The molecule has 0 unspecified atom stereocenters. The highest BCUT2D eigenvalue weighted by Crippen LogP contribution is 2.41. The third-order valence-electron chi connectivity index (χ3n) is 11.2. The van der Waals surface area contributed by atoms with Gasteiger partial charge in [0.05, 0.1) is 55.5 Å². The van der Waals surface area contributed by atoms with Crippen LogP contribution in [0.15, 0.2) is 188 Å². The summed E-state index contributed by atoms with van der Waals surface area (Å²) < 4.78 is 9.45. The lowest BCUT2D eigenvalue weighted by Crippen LogP contribution is -2.01. The van der Waals surface area contributed by atoms with Gasteiger partial charge in [-0.25, -0.2) is 4.98 Å². The number of hydrogen-bond donors (Lipinski definition) is 0. The van der Waals surface area contributed by atoms with Crippen LogP contribution in [0.4, 0.5) is 0 Å². The number of aromatic nitrogens is 5. The molecule has 0 bridgehead atoms. The predicted octanol–water partition coefficient (Wildman–Crippen LogP) is 12.3. The van der Waals surface area contributed by atoms with Gasteiger partial charge in [-0.05, 0) is 72.8 Å². The summed E-state index contributed by atoms with van der Waals surface area (Å²) >= 11 is 0. The maximum Gasteiger partial charge on any atom is 0.220 e. The van der Waals surface area contributed by atoms with Crippen LogP contribution in [-0.2, 0) is 0 Å². The van der Waals surface area contributed by atoms with E-state index in [-0.39, 0.29) is 0 Å². The summed E-state index contributed by atoms with van der Waals surface area (Å²) in [7, 11) is 0. The van der Waals surface area contributed by atoms with Crippen molar-refractivity contribution < 1.29 is 0 Å². The summed E-state index contributed by atoms with van der Waals surface area (Å²) in [5, 5.41) is 4.91. The van der Waals surface area contributed by atoms with Crippen molar-refractivity contribution in [3.8, 4) is 28.2 Å². The van der Waals surface area contributed by atoms with E-state index in [0.717, 1.165) is 50.4 Å². The highest BCUT2D eigenvalue weighted by atomic mass is 15.2. The highest BCUT2D eigenvalue weighted by Gasteiger charge is 2.22. The first-order valence-corrected chi connectivity index (χ1v) is 18.4. The van der Waals surface area contributed by atoms with Crippen molar-refractivity contribution in [1.29, 1.82) is 0 Å². The second-order valence-electron chi connectivity index (χ2n) is 14.0. The molecule has 54 heavy (non-hydrogen) atoms. The van der Waals surface area contributed by atoms with Gasteiger partial charge in [0.15, 0.2) is 0 Å². The van der Waals surface area contributed by atoms with E-state index >= 15 is 0 Å². The zero-order chi connectivity index (χ0) is 35.3. The number of para-hydroxylation sites is 9. The average Bonchev–Trinajstić information content (AvgIpc) is 3.96. The molecule has 8 aromatic carbocycles. The van der Waals surface area contributed by atoms with Gasteiger partial charge in [-0.3, -0.25) is 8.97 Å². The molecule has 0 amide bonds. The van der Waals surface area contributed by atoms with E-state index in [1.54, 1.807) is 0 Å². The summed E-state index contributed by atoms with van der Waals surface area (Å²) in [6, 6.07) is 67.8. The smallest absolute Gasteiger partial charge is 0.220 e. The molecule has 5 heteroatoms.